The van der Waals surface area contributed by atoms with Crippen molar-refractivity contribution in [3.05, 3.63) is 78.5 Å². The third kappa shape index (κ3) is 3.72. The molecule has 1 aromatic heterocycles. The van der Waals surface area contributed by atoms with Gasteiger partial charge in [-0.1, -0.05) is 36.4 Å². The molecule has 0 N–H and O–H groups in total. The summed E-state index contributed by atoms with van der Waals surface area (Å²) in [5, 5.41) is 8.47. The van der Waals surface area contributed by atoms with Crippen LogP contribution >= 0.6 is 0 Å². The summed E-state index contributed by atoms with van der Waals surface area (Å²) >= 11 is 0. The first-order valence-electron chi connectivity index (χ1n) is 8.77. The summed E-state index contributed by atoms with van der Waals surface area (Å²) in [6, 6.07) is 23.2. The van der Waals surface area contributed by atoms with E-state index in [4.69, 9.17) is 0 Å². The van der Waals surface area contributed by atoms with Gasteiger partial charge in [-0.15, -0.1) is 10.2 Å². The summed E-state index contributed by atoms with van der Waals surface area (Å²) in [6.07, 6.45) is 0. The van der Waals surface area contributed by atoms with Crippen LogP contribution in [0.2, 0.25) is 0 Å². The van der Waals surface area contributed by atoms with E-state index in [0.29, 0.717) is 12.2 Å². The van der Waals surface area contributed by atoms with E-state index < -0.39 is 0 Å². The minimum Gasteiger partial charge on any atom is -0.325 e. The fourth-order valence-corrected chi connectivity index (χ4v) is 2.86. The second kappa shape index (κ2) is 8.25. The predicted molar refractivity (Wildman–Crippen MR) is 105 cm³/mol. The molecule has 3 rings (SSSR count). The summed E-state index contributed by atoms with van der Waals surface area (Å²) < 4.78 is 0. The SMILES string of the molecule is CCN(C(=O)c1ccc(N(CC)c2ccccc2)nn1)c1ccccc1. The third-order valence-corrected chi connectivity index (χ3v) is 4.16. The number of carbonyl (C=O) groups is 1. The number of nitrogens with zero attached hydrogens (tertiary/aromatic N) is 4. The molecule has 2 aromatic carbocycles. The van der Waals surface area contributed by atoms with Gasteiger partial charge in [-0.25, -0.2) is 0 Å². The fourth-order valence-electron chi connectivity index (χ4n) is 2.86. The molecular formula is C21H22N4O. The molecule has 3 aromatic rings. The summed E-state index contributed by atoms with van der Waals surface area (Å²) in [5.74, 6) is 0.568. The molecular weight excluding hydrogens is 324 g/mol. The van der Waals surface area contributed by atoms with Crippen LogP contribution in [0.1, 0.15) is 24.3 Å². The van der Waals surface area contributed by atoms with Gasteiger partial charge < -0.3 is 9.80 Å². The van der Waals surface area contributed by atoms with Gasteiger partial charge in [-0.05, 0) is 50.2 Å². The zero-order chi connectivity index (χ0) is 18.4. The first-order chi connectivity index (χ1) is 12.7. The minimum atomic E-state index is -0.152. The van der Waals surface area contributed by atoms with Crippen LogP contribution in [-0.2, 0) is 0 Å². The average molecular weight is 346 g/mol. The Balaban J connectivity index is 1.83. The molecule has 132 valence electrons. The lowest BCUT2D eigenvalue weighted by Gasteiger charge is -2.22. The highest BCUT2D eigenvalue weighted by atomic mass is 16.2. The molecule has 0 saturated carbocycles. The average Bonchev–Trinajstić information content (AvgIpc) is 2.71. The van der Waals surface area contributed by atoms with E-state index in [2.05, 4.69) is 22.0 Å². The molecule has 0 fully saturated rings. The van der Waals surface area contributed by atoms with Crippen molar-refractivity contribution in [1.82, 2.24) is 10.2 Å². The molecule has 0 aliphatic carbocycles. The summed E-state index contributed by atoms with van der Waals surface area (Å²) in [7, 11) is 0. The number of hydrogen-bond donors (Lipinski definition) is 0. The number of rotatable bonds is 6. The number of anilines is 3. The Bertz CT molecular complexity index is 835. The second-order valence-electron chi connectivity index (χ2n) is 5.74. The lowest BCUT2D eigenvalue weighted by atomic mass is 10.2. The summed E-state index contributed by atoms with van der Waals surface area (Å²) in [5.41, 5.74) is 2.23. The van der Waals surface area contributed by atoms with Crippen LogP contribution in [0.4, 0.5) is 17.2 Å². The van der Waals surface area contributed by atoms with E-state index in [1.54, 1.807) is 11.0 Å². The van der Waals surface area contributed by atoms with Crippen molar-refractivity contribution in [2.24, 2.45) is 0 Å². The topological polar surface area (TPSA) is 49.3 Å². The molecule has 0 radical (unpaired) electrons. The van der Waals surface area contributed by atoms with Crippen LogP contribution in [0.5, 0.6) is 0 Å². The van der Waals surface area contributed by atoms with Gasteiger partial charge in [0, 0.05) is 24.5 Å². The van der Waals surface area contributed by atoms with Crippen molar-refractivity contribution in [2.75, 3.05) is 22.9 Å². The predicted octanol–water partition coefficient (Wildman–Crippen LogP) is 4.30. The van der Waals surface area contributed by atoms with Gasteiger partial charge in [-0.3, -0.25) is 4.79 Å². The van der Waals surface area contributed by atoms with Crippen LogP contribution in [0.3, 0.4) is 0 Å². The Morgan fingerprint density at radius 3 is 1.88 bits per heavy atom. The molecule has 26 heavy (non-hydrogen) atoms. The standard InChI is InChI=1S/C21H22N4O/c1-3-24(17-11-7-5-8-12-17)20-16-15-19(22-23-20)21(26)25(4-2)18-13-9-6-10-14-18/h5-16H,3-4H2,1-2H3. The lowest BCUT2D eigenvalue weighted by molar-refractivity contribution is 0.0982. The van der Waals surface area contributed by atoms with Crippen LogP contribution < -0.4 is 9.80 Å². The highest BCUT2D eigenvalue weighted by Gasteiger charge is 2.18. The van der Waals surface area contributed by atoms with E-state index in [1.807, 2.05) is 73.7 Å². The molecule has 5 nitrogen and oxygen atoms in total. The van der Waals surface area contributed by atoms with E-state index in [9.17, 15) is 4.79 Å². The van der Waals surface area contributed by atoms with Gasteiger partial charge in [-0.2, -0.15) is 0 Å². The summed E-state index contributed by atoms with van der Waals surface area (Å²) in [6.45, 7) is 5.33. The number of amides is 1. The lowest BCUT2D eigenvalue weighted by Crippen LogP contribution is -2.31. The van der Waals surface area contributed by atoms with Crippen LogP contribution in [0.15, 0.2) is 72.8 Å². The van der Waals surface area contributed by atoms with Crippen molar-refractivity contribution in [1.29, 1.82) is 0 Å². The number of hydrogen-bond acceptors (Lipinski definition) is 4. The van der Waals surface area contributed by atoms with Crippen LogP contribution in [0, 0.1) is 0 Å². The highest BCUT2D eigenvalue weighted by Crippen LogP contribution is 2.23. The maximum absolute atomic E-state index is 12.8. The molecule has 1 amide bonds. The fraction of sp³-hybridized carbons (Fsp3) is 0.190. The number of carbonyl (C=O) groups excluding carboxylic acids is 1. The number of para-hydroxylation sites is 2. The largest absolute Gasteiger partial charge is 0.325 e. The van der Waals surface area contributed by atoms with Gasteiger partial charge in [0.25, 0.3) is 5.91 Å². The van der Waals surface area contributed by atoms with Gasteiger partial charge >= 0.3 is 0 Å². The molecule has 1 heterocycles. The Hall–Kier alpha value is -3.21. The van der Waals surface area contributed by atoms with Crippen molar-refractivity contribution in [2.45, 2.75) is 13.8 Å². The van der Waals surface area contributed by atoms with Gasteiger partial charge in [0.2, 0.25) is 0 Å². The van der Waals surface area contributed by atoms with Crippen molar-refractivity contribution < 1.29 is 4.79 Å². The molecule has 0 atom stereocenters. The zero-order valence-corrected chi connectivity index (χ0v) is 15.0. The zero-order valence-electron chi connectivity index (χ0n) is 15.0. The van der Waals surface area contributed by atoms with Gasteiger partial charge in [0.15, 0.2) is 11.5 Å². The number of benzene rings is 2. The smallest absolute Gasteiger partial charge is 0.278 e. The van der Waals surface area contributed by atoms with Crippen molar-refractivity contribution >= 4 is 23.1 Å². The normalized spacial score (nSPS) is 10.4. The Labute approximate surface area is 153 Å². The molecule has 0 saturated heterocycles. The third-order valence-electron chi connectivity index (χ3n) is 4.16. The van der Waals surface area contributed by atoms with Crippen molar-refractivity contribution in [3.63, 3.8) is 0 Å². The van der Waals surface area contributed by atoms with E-state index in [0.717, 1.165) is 23.7 Å². The monoisotopic (exact) mass is 346 g/mol. The molecule has 5 heteroatoms. The molecule has 0 unspecified atom stereocenters. The van der Waals surface area contributed by atoms with Crippen LogP contribution in [-0.4, -0.2) is 29.2 Å². The molecule has 0 bridgehead atoms. The molecule has 0 aliphatic heterocycles. The minimum absolute atomic E-state index is 0.152. The van der Waals surface area contributed by atoms with Gasteiger partial charge in [0.1, 0.15) is 0 Å². The first kappa shape index (κ1) is 17.6. The quantitative estimate of drug-likeness (QED) is 0.668. The molecule has 0 aliphatic rings. The number of aromatic nitrogens is 2. The van der Waals surface area contributed by atoms with Crippen molar-refractivity contribution in [3.8, 4) is 0 Å². The highest BCUT2D eigenvalue weighted by molar-refractivity contribution is 6.04. The Morgan fingerprint density at radius 2 is 1.38 bits per heavy atom. The Kier molecular flexibility index (Phi) is 5.59. The van der Waals surface area contributed by atoms with E-state index >= 15 is 0 Å². The molecule has 0 spiro atoms. The van der Waals surface area contributed by atoms with E-state index in [1.165, 1.54) is 0 Å². The first-order valence-corrected chi connectivity index (χ1v) is 8.77. The van der Waals surface area contributed by atoms with E-state index in [-0.39, 0.29) is 5.91 Å². The second-order valence-corrected chi connectivity index (χ2v) is 5.74. The Morgan fingerprint density at radius 1 is 0.769 bits per heavy atom. The van der Waals surface area contributed by atoms with Gasteiger partial charge in [0.05, 0.1) is 0 Å². The maximum Gasteiger partial charge on any atom is 0.278 e. The maximum atomic E-state index is 12.8. The van der Waals surface area contributed by atoms with Crippen LogP contribution in [0.25, 0.3) is 0 Å². The summed E-state index contributed by atoms with van der Waals surface area (Å²) in [4.78, 5) is 16.6.